The number of amides is 1. The van der Waals surface area contributed by atoms with Crippen LogP contribution in [0.3, 0.4) is 0 Å². The highest BCUT2D eigenvalue weighted by Gasteiger charge is 2.09. The van der Waals surface area contributed by atoms with Crippen molar-refractivity contribution in [2.24, 2.45) is 0 Å². The van der Waals surface area contributed by atoms with Crippen LogP contribution in [0.25, 0.3) is 0 Å². The smallest absolute Gasteiger partial charge is 0.255 e. The highest BCUT2D eigenvalue weighted by atomic mass is 35.5. The third-order valence-corrected chi connectivity index (χ3v) is 3.30. The first-order valence-electron chi connectivity index (χ1n) is 5.84. The van der Waals surface area contributed by atoms with Gasteiger partial charge in [-0.15, -0.1) is 0 Å². The molecule has 3 nitrogen and oxygen atoms in total. The highest BCUT2D eigenvalue weighted by molar-refractivity contribution is 6.31. The lowest BCUT2D eigenvalue weighted by molar-refractivity contribution is 0.102. The van der Waals surface area contributed by atoms with E-state index in [0.717, 1.165) is 11.1 Å². The van der Waals surface area contributed by atoms with E-state index in [1.807, 2.05) is 13.8 Å². The summed E-state index contributed by atoms with van der Waals surface area (Å²) < 4.78 is 0. The molecule has 4 heteroatoms. The van der Waals surface area contributed by atoms with Crippen molar-refractivity contribution in [3.63, 3.8) is 0 Å². The summed E-state index contributed by atoms with van der Waals surface area (Å²) in [5, 5.41) is 12.8. The zero-order valence-corrected chi connectivity index (χ0v) is 11.5. The molecule has 1 amide bonds. The summed E-state index contributed by atoms with van der Waals surface area (Å²) >= 11 is 5.93. The van der Waals surface area contributed by atoms with Crippen LogP contribution >= 0.6 is 11.6 Å². The summed E-state index contributed by atoms with van der Waals surface area (Å²) in [5.74, 6) is -0.0219. The summed E-state index contributed by atoms with van der Waals surface area (Å²) in [7, 11) is 0. The Balaban J connectivity index is 2.23. The fraction of sp³-hybridized carbons (Fsp3) is 0.133. The van der Waals surface area contributed by atoms with E-state index in [1.165, 1.54) is 6.07 Å². The molecule has 0 unspecified atom stereocenters. The second-order valence-corrected chi connectivity index (χ2v) is 4.82. The Morgan fingerprint density at radius 1 is 1.11 bits per heavy atom. The van der Waals surface area contributed by atoms with Crippen molar-refractivity contribution in [2.45, 2.75) is 13.8 Å². The molecular formula is C15H14ClNO2. The molecule has 0 atom stereocenters. The minimum absolute atomic E-state index is 0.179. The van der Waals surface area contributed by atoms with E-state index in [2.05, 4.69) is 5.32 Å². The van der Waals surface area contributed by atoms with Crippen molar-refractivity contribution < 1.29 is 9.90 Å². The Labute approximate surface area is 116 Å². The highest BCUT2D eigenvalue weighted by Crippen LogP contribution is 2.22. The summed E-state index contributed by atoms with van der Waals surface area (Å²) in [6, 6.07) is 9.94. The Hall–Kier alpha value is -2.00. The van der Waals surface area contributed by atoms with Crippen molar-refractivity contribution in [3.8, 4) is 5.75 Å². The number of aryl methyl sites for hydroxylation is 2. The number of halogens is 1. The van der Waals surface area contributed by atoms with Gasteiger partial charge in [0.25, 0.3) is 5.91 Å². The van der Waals surface area contributed by atoms with Gasteiger partial charge >= 0.3 is 0 Å². The number of phenols is 1. The lowest BCUT2D eigenvalue weighted by Gasteiger charge is -2.09. The molecule has 0 aliphatic heterocycles. The van der Waals surface area contributed by atoms with E-state index in [4.69, 9.17) is 11.6 Å². The van der Waals surface area contributed by atoms with Crippen LogP contribution in [0.4, 0.5) is 5.69 Å². The first-order chi connectivity index (χ1) is 8.97. The number of hydrogen-bond donors (Lipinski definition) is 2. The topological polar surface area (TPSA) is 49.3 Å². The number of hydrogen-bond acceptors (Lipinski definition) is 2. The molecule has 0 fully saturated rings. The van der Waals surface area contributed by atoms with Gasteiger partial charge in [0, 0.05) is 16.3 Å². The fourth-order valence-electron chi connectivity index (χ4n) is 1.77. The SMILES string of the molecule is Cc1cc(C(=O)Nc2ccc(O)cc2C)ccc1Cl. The Morgan fingerprint density at radius 3 is 2.47 bits per heavy atom. The van der Waals surface area contributed by atoms with Crippen molar-refractivity contribution in [1.29, 1.82) is 0 Å². The standard InChI is InChI=1S/C15H14ClNO2/c1-9-7-11(3-5-13(9)16)15(19)17-14-6-4-12(18)8-10(14)2/h3-8,18H,1-2H3,(H,17,19). The predicted octanol–water partition coefficient (Wildman–Crippen LogP) is 3.91. The predicted molar refractivity (Wildman–Crippen MR) is 77.0 cm³/mol. The third-order valence-electron chi connectivity index (χ3n) is 2.88. The second-order valence-electron chi connectivity index (χ2n) is 4.42. The van der Waals surface area contributed by atoms with E-state index in [9.17, 15) is 9.90 Å². The molecule has 0 saturated carbocycles. The molecule has 0 bridgehead atoms. The van der Waals surface area contributed by atoms with E-state index < -0.39 is 0 Å². The molecule has 2 aromatic rings. The normalized spacial score (nSPS) is 10.3. The molecule has 0 radical (unpaired) electrons. The lowest BCUT2D eigenvalue weighted by Crippen LogP contribution is -2.12. The zero-order chi connectivity index (χ0) is 14.0. The third kappa shape index (κ3) is 3.06. The van der Waals surface area contributed by atoms with Gasteiger partial charge in [-0.1, -0.05) is 11.6 Å². The molecule has 0 heterocycles. The summed E-state index contributed by atoms with van der Waals surface area (Å²) in [4.78, 5) is 12.1. The van der Waals surface area contributed by atoms with Gasteiger partial charge in [-0.25, -0.2) is 0 Å². The summed E-state index contributed by atoms with van der Waals surface area (Å²) in [5.41, 5.74) is 2.89. The van der Waals surface area contributed by atoms with Crippen molar-refractivity contribution >= 4 is 23.2 Å². The monoisotopic (exact) mass is 275 g/mol. The molecule has 2 aromatic carbocycles. The van der Waals surface area contributed by atoms with Crippen molar-refractivity contribution in [1.82, 2.24) is 0 Å². The van der Waals surface area contributed by atoms with Crippen LogP contribution in [-0.4, -0.2) is 11.0 Å². The first kappa shape index (κ1) is 13.4. The first-order valence-corrected chi connectivity index (χ1v) is 6.22. The largest absolute Gasteiger partial charge is 0.508 e. The van der Waals surface area contributed by atoms with E-state index in [-0.39, 0.29) is 11.7 Å². The summed E-state index contributed by atoms with van der Waals surface area (Å²) in [6.45, 7) is 3.67. The minimum Gasteiger partial charge on any atom is -0.508 e. The molecule has 0 saturated heterocycles. The molecule has 0 aliphatic rings. The second kappa shape index (κ2) is 5.33. The quantitative estimate of drug-likeness (QED) is 0.816. The number of aromatic hydroxyl groups is 1. The van der Waals surface area contributed by atoms with Crippen molar-refractivity contribution in [2.75, 3.05) is 5.32 Å². The van der Waals surface area contributed by atoms with Gasteiger partial charge in [0.2, 0.25) is 0 Å². The zero-order valence-electron chi connectivity index (χ0n) is 10.7. The molecule has 19 heavy (non-hydrogen) atoms. The van der Waals surface area contributed by atoms with Crippen molar-refractivity contribution in [3.05, 3.63) is 58.1 Å². The maximum Gasteiger partial charge on any atom is 0.255 e. The van der Waals surface area contributed by atoms with Crippen LogP contribution in [0.15, 0.2) is 36.4 Å². The molecule has 2 rings (SSSR count). The lowest BCUT2D eigenvalue weighted by atomic mass is 10.1. The van der Waals surface area contributed by atoms with Gasteiger partial charge in [-0.05, 0) is 61.4 Å². The molecular weight excluding hydrogens is 262 g/mol. The molecule has 0 spiro atoms. The Bertz CT molecular complexity index is 638. The van der Waals surface area contributed by atoms with Gasteiger partial charge < -0.3 is 10.4 Å². The molecule has 2 N–H and O–H groups in total. The fourth-order valence-corrected chi connectivity index (χ4v) is 1.89. The van der Waals surface area contributed by atoms with E-state index in [1.54, 1.807) is 30.3 Å². The van der Waals surface area contributed by atoms with E-state index >= 15 is 0 Å². The van der Waals surface area contributed by atoms with Gasteiger partial charge in [-0.3, -0.25) is 4.79 Å². The summed E-state index contributed by atoms with van der Waals surface area (Å²) in [6.07, 6.45) is 0. The number of carbonyl (C=O) groups is 1. The maximum atomic E-state index is 12.1. The van der Waals surface area contributed by atoms with Crippen LogP contribution < -0.4 is 5.32 Å². The molecule has 98 valence electrons. The maximum absolute atomic E-state index is 12.1. The van der Waals surface area contributed by atoms with Crippen LogP contribution in [0.2, 0.25) is 5.02 Å². The minimum atomic E-state index is -0.200. The number of carbonyl (C=O) groups excluding carboxylic acids is 1. The van der Waals surface area contributed by atoms with E-state index in [0.29, 0.717) is 16.3 Å². The molecule has 0 aliphatic carbocycles. The van der Waals surface area contributed by atoms with Gasteiger partial charge in [-0.2, -0.15) is 0 Å². The van der Waals surface area contributed by atoms with Crippen LogP contribution in [0.5, 0.6) is 5.75 Å². The number of nitrogens with one attached hydrogen (secondary N) is 1. The van der Waals surface area contributed by atoms with Gasteiger partial charge in [0.05, 0.1) is 0 Å². The number of benzene rings is 2. The Morgan fingerprint density at radius 2 is 1.84 bits per heavy atom. The average Bonchev–Trinajstić information content (AvgIpc) is 2.36. The average molecular weight is 276 g/mol. The Kier molecular flexibility index (Phi) is 3.76. The van der Waals surface area contributed by atoms with Crippen LogP contribution in [0.1, 0.15) is 21.5 Å². The van der Waals surface area contributed by atoms with Gasteiger partial charge in [0.15, 0.2) is 0 Å². The molecule has 0 aromatic heterocycles. The number of phenolic OH excluding ortho intramolecular Hbond substituents is 1. The number of rotatable bonds is 2. The van der Waals surface area contributed by atoms with Gasteiger partial charge in [0.1, 0.15) is 5.75 Å². The van der Waals surface area contributed by atoms with Crippen LogP contribution in [-0.2, 0) is 0 Å². The van der Waals surface area contributed by atoms with Crippen LogP contribution in [0, 0.1) is 13.8 Å². The number of anilines is 1.